The third-order valence-corrected chi connectivity index (χ3v) is 3.02. The van der Waals surface area contributed by atoms with E-state index in [2.05, 4.69) is 5.92 Å². The molecule has 1 unspecified atom stereocenters. The SMILES string of the molecule is C#CC1CCOSS1. The van der Waals surface area contributed by atoms with Gasteiger partial charge in [0.05, 0.1) is 22.9 Å². The van der Waals surface area contributed by atoms with Crippen molar-refractivity contribution in [3.8, 4) is 12.3 Å². The highest BCUT2D eigenvalue weighted by Gasteiger charge is 2.11. The van der Waals surface area contributed by atoms with E-state index >= 15 is 0 Å². The van der Waals surface area contributed by atoms with Crippen LogP contribution in [0.4, 0.5) is 0 Å². The Kier molecular flexibility index (Phi) is 2.60. The standard InChI is InChI=1S/C5H6OS2/c1-2-5-3-4-6-8-7-5/h1,5H,3-4H2. The van der Waals surface area contributed by atoms with Crippen molar-refractivity contribution in [3.63, 3.8) is 0 Å². The molecular weight excluding hydrogens is 140 g/mol. The fourth-order valence-electron chi connectivity index (χ4n) is 0.424. The summed E-state index contributed by atoms with van der Waals surface area (Å²) in [6.07, 6.45) is 6.16. The van der Waals surface area contributed by atoms with Gasteiger partial charge in [0, 0.05) is 0 Å². The number of hydrogen-bond acceptors (Lipinski definition) is 3. The molecule has 0 aromatic rings. The summed E-state index contributed by atoms with van der Waals surface area (Å²) in [6.45, 7) is 0.798. The molecule has 1 heterocycles. The van der Waals surface area contributed by atoms with Crippen molar-refractivity contribution < 1.29 is 4.18 Å². The summed E-state index contributed by atoms with van der Waals surface area (Å²) in [5.41, 5.74) is 0. The van der Waals surface area contributed by atoms with Gasteiger partial charge in [-0.1, -0.05) is 5.92 Å². The minimum absolute atomic E-state index is 0.369. The molecule has 0 N–H and O–H groups in total. The van der Waals surface area contributed by atoms with Gasteiger partial charge in [-0.2, -0.15) is 0 Å². The lowest BCUT2D eigenvalue weighted by molar-refractivity contribution is 0.370. The molecule has 0 saturated carbocycles. The molecule has 1 saturated heterocycles. The molecule has 0 aromatic heterocycles. The summed E-state index contributed by atoms with van der Waals surface area (Å²) in [4.78, 5) is 0. The van der Waals surface area contributed by atoms with E-state index in [1.807, 2.05) is 0 Å². The van der Waals surface area contributed by atoms with Crippen LogP contribution in [0.15, 0.2) is 0 Å². The Morgan fingerprint density at radius 3 is 3.00 bits per heavy atom. The lowest BCUT2D eigenvalue weighted by atomic mass is 10.3. The van der Waals surface area contributed by atoms with Crippen LogP contribution in [-0.4, -0.2) is 11.9 Å². The van der Waals surface area contributed by atoms with Crippen LogP contribution in [0.3, 0.4) is 0 Å². The van der Waals surface area contributed by atoms with Gasteiger partial charge in [-0.05, 0) is 17.2 Å². The summed E-state index contributed by atoms with van der Waals surface area (Å²) in [7, 11) is 1.62. The predicted octanol–water partition coefficient (Wildman–Crippen LogP) is 1.70. The molecular formula is C5H6OS2. The largest absolute Gasteiger partial charge is 0.305 e. The molecule has 0 spiro atoms. The molecule has 1 aliphatic rings. The number of hydrogen-bond donors (Lipinski definition) is 0. The van der Waals surface area contributed by atoms with Gasteiger partial charge < -0.3 is 4.18 Å². The van der Waals surface area contributed by atoms with E-state index in [-0.39, 0.29) is 0 Å². The number of terminal acetylenes is 1. The van der Waals surface area contributed by atoms with Crippen molar-refractivity contribution in [3.05, 3.63) is 0 Å². The van der Waals surface area contributed by atoms with Crippen molar-refractivity contribution in [2.45, 2.75) is 11.7 Å². The summed E-state index contributed by atoms with van der Waals surface area (Å²) in [5.74, 6) is 2.67. The fraction of sp³-hybridized carbons (Fsp3) is 0.600. The lowest BCUT2D eigenvalue weighted by Crippen LogP contribution is -2.05. The maximum absolute atomic E-state index is 5.16. The van der Waals surface area contributed by atoms with Gasteiger partial charge in [-0.3, -0.25) is 0 Å². The third-order valence-electron chi connectivity index (χ3n) is 0.853. The molecule has 0 amide bonds. The molecule has 3 heteroatoms. The van der Waals surface area contributed by atoms with E-state index < -0.39 is 0 Å². The lowest BCUT2D eigenvalue weighted by Gasteiger charge is -2.13. The topological polar surface area (TPSA) is 9.23 Å². The summed E-state index contributed by atoms with van der Waals surface area (Å²) in [6, 6.07) is 0. The van der Waals surface area contributed by atoms with Crippen LogP contribution in [0.25, 0.3) is 0 Å². The highest BCUT2D eigenvalue weighted by molar-refractivity contribution is 8.75. The first-order valence-corrected chi connectivity index (χ1v) is 4.48. The van der Waals surface area contributed by atoms with Crippen molar-refractivity contribution in [2.24, 2.45) is 0 Å². The van der Waals surface area contributed by atoms with E-state index in [1.54, 1.807) is 10.8 Å². The summed E-state index contributed by atoms with van der Waals surface area (Å²) >= 11 is 1.40. The maximum atomic E-state index is 5.16. The highest BCUT2D eigenvalue weighted by atomic mass is 33.1. The van der Waals surface area contributed by atoms with E-state index in [0.29, 0.717) is 5.25 Å². The Morgan fingerprint density at radius 1 is 1.75 bits per heavy atom. The first kappa shape index (κ1) is 6.34. The second kappa shape index (κ2) is 3.29. The van der Waals surface area contributed by atoms with Crippen molar-refractivity contribution in [1.82, 2.24) is 0 Å². The van der Waals surface area contributed by atoms with Crippen molar-refractivity contribution in [1.29, 1.82) is 0 Å². The average molecular weight is 146 g/mol. The minimum Gasteiger partial charge on any atom is -0.305 e. The third kappa shape index (κ3) is 1.62. The van der Waals surface area contributed by atoms with E-state index in [9.17, 15) is 0 Å². The van der Waals surface area contributed by atoms with Gasteiger partial charge in [0.2, 0.25) is 0 Å². The Morgan fingerprint density at radius 2 is 2.62 bits per heavy atom. The van der Waals surface area contributed by atoms with Gasteiger partial charge >= 0.3 is 0 Å². The Balaban J connectivity index is 2.25. The molecule has 1 fully saturated rings. The smallest absolute Gasteiger partial charge is 0.0802 e. The normalized spacial score (nSPS) is 29.1. The second-order valence-electron chi connectivity index (χ2n) is 1.43. The summed E-state index contributed by atoms with van der Waals surface area (Å²) in [5, 5.41) is 0.369. The monoisotopic (exact) mass is 146 g/mol. The fourth-order valence-corrected chi connectivity index (χ4v) is 2.10. The zero-order valence-electron chi connectivity index (χ0n) is 4.29. The van der Waals surface area contributed by atoms with E-state index in [0.717, 1.165) is 13.0 Å². The van der Waals surface area contributed by atoms with E-state index in [1.165, 1.54) is 11.1 Å². The van der Waals surface area contributed by atoms with Crippen LogP contribution >= 0.6 is 21.9 Å². The van der Waals surface area contributed by atoms with Crippen molar-refractivity contribution >= 4 is 21.9 Å². The van der Waals surface area contributed by atoms with Gasteiger partial charge in [-0.25, -0.2) is 0 Å². The summed E-state index contributed by atoms with van der Waals surface area (Å²) < 4.78 is 4.99. The minimum atomic E-state index is 0.369. The first-order valence-electron chi connectivity index (χ1n) is 2.34. The molecule has 1 aliphatic heterocycles. The Bertz CT molecular complexity index is 101. The highest BCUT2D eigenvalue weighted by Crippen LogP contribution is 2.33. The average Bonchev–Trinajstić information content (AvgIpc) is 1.90. The first-order chi connectivity index (χ1) is 3.93. The zero-order chi connectivity index (χ0) is 5.82. The molecule has 1 nitrogen and oxygen atoms in total. The molecule has 1 atom stereocenters. The zero-order valence-corrected chi connectivity index (χ0v) is 5.93. The van der Waals surface area contributed by atoms with Crippen LogP contribution in [-0.2, 0) is 4.18 Å². The van der Waals surface area contributed by atoms with E-state index in [4.69, 9.17) is 10.6 Å². The van der Waals surface area contributed by atoms with Crippen LogP contribution in [0, 0.1) is 12.3 Å². The maximum Gasteiger partial charge on any atom is 0.0802 e. The van der Waals surface area contributed by atoms with Crippen LogP contribution < -0.4 is 0 Å². The van der Waals surface area contributed by atoms with Gasteiger partial charge in [-0.15, -0.1) is 6.42 Å². The molecule has 0 bridgehead atoms. The molecule has 0 aromatic carbocycles. The molecule has 0 radical (unpaired) electrons. The van der Waals surface area contributed by atoms with Crippen LogP contribution in [0.1, 0.15) is 6.42 Å². The van der Waals surface area contributed by atoms with Gasteiger partial charge in [0.15, 0.2) is 0 Å². The quantitative estimate of drug-likeness (QED) is 0.292. The van der Waals surface area contributed by atoms with Crippen LogP contribution in [0.2, 0.25) is 0 Å². The number of rotatable bonds is 0. The van der Waals surface area contributed by atoms with Crippen LogP contribution in [0.5, 0.6) is 0 Å². The van der Waals surface area contributed by atoms with Gasteiger partial charge in [0.1, 0.15) is 0 Å². The molecule has 0 aliphatic carbocycles. The Labute approximate surface area is 57.2 Å². The van der Waals surface area contributed by atoms with Crippen molar-refractivity contribution in [2.75, 3.05) is 6.61 Å². The van der Waals surface area contributed by atoms with Gasteiger partial charge in [0.25, 0.3) is 0 Å². The molecule has 44 valence electrons. The molecule has 8 heavy (non-hydrogen) atoms. The Hall–Kier alpha value is 0.220. The molecule has 1 rings (SSSR count). The second-order valence-corrected chi connectivity index (χ2v) is 3.55. The predicted molar refractivity (Wildman–Crippen MR) is 38.4 cm³/mol.